The lowest BCUT2D eigenvalue weighted by Gasteiger charge is -2.36. The van der Waals surface area contributed by atoms with Crippen LogP contribution in [0, 0.1) is 5.82 Å². The normalized spacial score (nSPS) is 16.2. The van der Waals surface area contributed by atoms with Crippen LogP contribution in [0.15, 0.2) is 18.2 Å². The first kappa shape index (κ1) is 17.9. The van der Waals surface area contributed by atoms with E-state index in [0.717, 1.165) is 6.07 Å². The van der Waals surface area contributed by atoms with E-state index in [2.05, 4.69) is 10.6 Å². The number of amides is 2. The molecule has 2 rings (SSSR count). The number of ether oxygens (including phenoxy) is 1. The molecule has 0 atom stereocenters. The zero-order valence-electron chi connectivity index (χ0n) is 13.2. The highest BCUT2D eigenvalue weighted by Gasteiger charge is 2.36. The molecule has 1 aliphatic heterocycles. The molecule has 24 heavy (non-hydrogen) atoms. The van der Waals surface area contributed by atoms with Crippen molar-refractivity contribution in [3.05, 3.63) is 29.6 Å². The summed E-state index contributed by atoms with van der Waals surface area (Å²) in [6.07, 6.45) is 0.539. The van der Waals surface area contributed by atoms with Gasteiger partial charge in [0.05, 0.1) is 17.6 Å². The van der Waals surface area contributed by atoms with Crippen LogP contribution >= 0.6 is 0 Å². The summed E-state index contributed by atoms with van der Waals surface area (Å²) in [6.45, 7) is 1.94. The molecule has 130 valence electrons. The summed E-state index contributed by atoms with van der Waals surface area (Å²) in [5.74, 6) is -2.66. The predicted molar refractivity (Wildman–Crippen MR) is 83.2 cm³/mol. The molecule has 0 spiro atoms. The van der Waals surface area contributed by atoms with Crippen molar-refractivity contribution in [1.82, 2.24) is 5.32 Å². The van der Waals surface area contributed by atoms with Gasteiger partial charge in [-0.25, -0.2) is 4.39 Å². The van der Waals surface area contributed by atoms with E-state index < -0.39 is 29.1 Å². The van der Waals surface area contributed by atoms with Crippen molar-refractivity contribution in [1.29, 1.82) is 0 Å². The Morgan fingerprint density at radius 1 is 1.29 bits per heavy atom. The van der Waals surface area contributed by atoms with E-state index in [1.807, 2.05) is 0 Å². The molecule has 2 amide bonds. The first-order valence-electron chi connectivity index (χ1n) is 7.50. The van der Waals surface area contributed by atoms with Gasteiger partial charge in [-0.2, -0.15) is 0 Å². The third kappa shape index (κ3) is 4.51. The van der Waals surface area contributed by atoms with Crippen molar-refractivity contribution in [2.45, 2.75) is 31.7 Å². The van der Waals surface area contributed by atoms with Crippen LogP contribution in [-0.4, -0.2) is 41.6 Å². The third-order valence-electron chi connectivity index (χ3n) is 3.86. The Hall–Kier alpha value is -2.48. The maximum atomic E-state index is 13.7. The molecule has 0 bridgehead atoms. The van der Waals surface area contributed by atoms with Gasteiger partial charge in [0.15, 0.2) is 0 Å². The van der Waals surface area contributed by atoms with Gasteiger partial charge < -0.3 is 20.5 Å². The molecule has 1 aromatic carbocycles. The molecule has 1 fully saturated rings. The zero-order valence-corrected chi connectivity index (χ0v) is 13.2. The monoisotopic (exact) mass is 338 g/mol. The van der Waals surface area contributed by atoms with Crippen molar-refractivity contribution >= 4 is 23.5 Å². The molecule has 1 saturated heterocycles. The Labute approximate surface area is 138 Å². The molecule has 1 heterocycles. The van der Waals surface area contributed by atoms with Crippen LogP contribution in [0.25, 0.3) is 0 Å². The number of carboxylic acid groups (broad SMARTS) is 1. The Morgan fingerprint density at radius 3 is 2.54 bits per heavy atom. The van der Waals surface area contributed by atoms with Gasteiger partial charge in [0.1, 0.15) is 5.82 Å². The minimum Gasteiger partial charge on any atom is -0.481 e. The summed E-state index contributed by atoms with van der Waals surface area (Å²) in [6, 6.07) is 3.58. The summed E-state index contributed by atoms with van der Waals surface area (Å²) in [5.41, 5.74) is -0.866. The lowest BCUT2D eigenvalue weighted by molar-refractivity contribution is -0.139. The molecular weight excluding hydrogens is 319 g/mol. The van der Waals surface area contributed by atoms with Crippen LogP contribution < -0.4 is 10.6 Å². The fraction of sp³-hybridized carbons (Fsp3) is 0.438. The number of hydrogen-bond acceptors (Lipinski definition) is 4. The molecule has 7 nitrogen and oxygen atoms in total. The Morgan fingerprint density at radius 2 is 1.96 bits per heavy atom. The highest BCUT2D eigenvalue weighted by atomic mass is 19.1. The molecule has 0 aliphatic carbocycles. The van der Waals surface area contributed by atoms with Gasteiger partial charge in [-0.15, -0.1) is 0 Å². The molecule has 0 unspecified atom stereocenters. The molecule has 0 saturated carbocycles. The summed E-state index contributed by atoms with van der Waals surface area (Å²) in [4.78, 5) is 34.7. The summed E-state index contributed by atoms with van der Waals surface area (Å²) < 4.78 is 18.9. The molecule has 0 aromatic heterocycles. The van der Waals surface area contributed by atoms with Gasteiger partial charge >= 0.3 is 5.97 Å². The maximum Gasteiger partial charge on any atom is 0.305 e. The van der Waals surface area contributed by atoms with Crippen molar-refractivity contribution in [2.24, 2.45) is 0 Å². The Bertz CT molecular complexity index is 656. The van der Waals surface area contributed by atoms with Gasteiger partial charge in [-0.3, -0.25) is 14.4 Å². The number of halogens is 1. The Kier molecular flexibility index (Phi) is 5.50. The SMILES string of the molecule is CC(=O)Nc1cc(C(=O)NC2(CC(=O)O)CCOCC2)ccc1F. The van der Waals surface area contributed by atoms with Crippen LogP contribution in [0.4, 0.5) is 10.1 Å². The smallest absolute Gasteiger partial charge is 0.305 e. The van der Waals surface area contributed by atoms with Crippen LogP contribution in [0.5, 0.6) is 0 Å². The van der Waals surface area contributed by atoms with Gasteiger partial charge in [0.2, 0.25) is 5.91 Å². The second-order valence-corrected chi connectivity index (χ2v) is 5.79. The van der Waals surface area contributed by atoms with Gasteiger partial charge in [0, 0.05) is 25.7 Å². The van der Waals surface area contributed by atoms with Gasteiger partial charge in [-0.05, 0) is 31.0 Å². The van der Waals surface area contributed by atoms with Crippen LogP contribution in [0.1, 0.15) is 36.5 Å². The van der Waals surface area contributed by atoms with Crippen molar-refractivity contribution < 1.29 is 28.6 Å². The van der Waals surface area contributed by atoms with Crippen molar-refractivity contribution in [3.8, 4) is 0 Å². The fourth-order valence-electron chi connectivity index (χ4n) is 2.66. The molecular formula is C16H19FN2O5. The number of rotatable bonds is 5. The summed E-state index contributed by atoms with van der Waals surface area (Å²) in [5, 5.41) is 14.2. The van der Waals surface area contributed by atoms with E-state index in [9.17, 15) is 18.8 Å². The number of carboxylic acids is 1. The summed E-state index contributed by atoms with van der Waals surface area (Å²) in [7, 11) is 0. The van der Waals surface area contributed by atoms with E-state index in [1.54, 1.807) is 0 Å². The highest BCUT2D eigenvalue weighted by molar-refractivity contribution is 5.97. The lowest BCUT2D eigenvalue weighted by Crippen LogP contribution is -2.53. The van der Waals surface area contributed by atoms with Gasteiger partial charge in [0.25, 0.3) is 5.91 Å². The maximum absolute atomic E-state index is 13.7. The van der Waals surface area contributed by atoms with E-state index >= 15 is 0 Å². The zero-order chi connectivity index (χ0) is 17.7. The molecule has 8 heteroatoms. The Balaban J connectivity index is 2.20. The second kappa shape index (κ2) is 7.39. The molecule has 1 aliphatic rings. The lowest BCUT2D eigenvalue weighted by atomic mass is 9.86. The topological polar surface area (TPSA) is 105 Å². The number of benzene rings is 1. The minimum absolute atomic E-state index is 0.102. The van der Waals surface area contributed by atoms with Gasteiger partial charge in [-0.1, -0.05) is 0 Å². The van der Waals surface area contributed by atoms with Crippen LogP contribution in [0.2, 0.25) is 0 Å². The second-order valence-electron chi connectivity index (χ2n) is 5.79. The third-order valence-corrected chi connectivity index (χ3v) is 3.86. The number of aliphatic carboxylic acids is 1. The standard InChI is InChI=1S/C16H19FN2O5/c1-10(20)18-13-8-11(2-3-12(13)17)15(23)19-16(9-14(21)22)4-6-24-7-5-16/h2-3,8H,4-7,9H2,1H3,(H,18,20)(H,19,23)(H,21,22). The number of nitrogens with one attached hydrogen (secondary N) is 2. The quantitative estimate of drug-likeness (QED) is 0.755. The first-order valence-corrected chi connectivity index (χ1v) is 7.50. The summed E-state index contributed by atoms with van der Waals surface area (Å²) >= 11 is 0. The minimum atomic E-state index is -1.02. The number of anilines is 1. The van der Waals surface area contributed by atoms with E-state index in [4.69, 9.17) is 9.84 Å². The fourth-order valence-corrected chi connectivity index (χ4v) is 2.66. The molecule has 3 N–H and O–H groups in total. The molecule has 0 radical (unpaired) electrons. The highest BCUT2D eigenvalue weighted by Crippen LogP contribution is 2.26. The number of carbonyl (C=O) groups excluding carboxylic acids is 2. The first-order chi connectivity index (χ1) is 11.3. The molecule has 1 aromatic rings. The number of hydrogen-bond donors (Lipinski definition) is 3. The predicted octanol–water partition coefficient (Wildman–Crippen LogP) is 1.54. The van der Waals surface area contributed by atoms with Crippen molar-refractivity contribution in [2.75, 3.05) is 18.5 Å². The van der Waals surface area contributed by atoms with E-state index in [0.29, 0.717) is 26.1 Å². The van der Waals surface area contributed by atoms with E-state index in [-0.39, 0.29) is 17.7 Å². The number of carbonyl (C=O) groups is 3. The van der Waals surface area contributed by atoms with Crippen LogP contribution in [0.3, 0.4) is 0 Å². The average molecular weight is 338 g/mol. The van der Waals surface area contributed by atoms with E-state index in [1.165, 1.54) is 19.1 Å². The van der Waals surface area contributed by atoms with Crippen LogP contribution in [-0.2, 0) is 14.3 Å². The largest absolute Gasteiger partial charge is 0.481 e. The van der Waals surface area contributed by atoms with Crippen molar-refractivity contribution in [3.63, 3.8) is 0 Å². The average Bonchev–Trinajstić information content (AvgIpc) is 2.48.